The molecule has 4 aromatic rings. The van der Waals surface area contributed by atoms with E-state index >= 15 is 0 Å². The van der Waals surface area contributed by atoms with Gasteiger partial charge in [-0.25, -0.2) is 9.97 Å². The van der Waals surface area contributed by atoms with Crippen molar-refractivity contribution in [1.82, 2.24) is 25.1 Å². The minimum atomic E-state index is 0.707. The summed E-state index contributed by atoms with van der Waals surface area (Å²) >= 11 is 1.71. The highest BCUT2D eigenvalue weighted by atomic mass is 32.1. The zero-order valence-electron chi connectivity index (χ0n) is 16.4. The van der Waals surface area contributed by atoms with E-state index in [1.54, 1.807) is 17.7 Å². The Labute approximate surface area is 178 Å². The van der Waals surface area contributed by atoms with Gasteiger partial charge in [0.05, 0.1) is 23.9 Å². The number of pyridine rings is 1. The molecule has 0 aliphatic carbocycles. The molecule has 4 heterocycles. The predicted octanol–water partition coefficient (Wildman–Crippen LogP) is 4.17. The molecule has 1 aliphatic heterocycles. The van der Waals surface area contributed by atoms with Crippen LogP contribution in [0, 0.1) is 0 Å². The van der Waals surface area contributed by atoms with E-state index in [0.717, 1.165) is 54.9 Å². The van der Waals surface area contributed by atoms with E-state index in [0.29, 0.717) is 5.82 Å². The number of ether oxygens (including phenoxy) is 1. The van der Waals surface area contributed by atoms with Crippen LogP contribution in [0.15, 0.2) is 60.9 Å². The second kappa shape index (κ2) is 8.74. The lowest BCUT2D eigenvalue weighted by Crippen LogP contribution is -2.35. The normalized spacial score (nSPS) is 14.7. The lowest BCUT2D eigenvalue weighted by atomic mass is 10.1. The lowest BCUT2D eigenvalue weighted by Gasteiger charge is -2.26. The number of morpholine rings is 1. The van der Waals surface area contributed by atoms with Crippen molar-refractivity contribution in [3.8, 4) is 21.8 Å². The summed E-state index contributed by atoms with van der Waals surface area (Å²) in [6, 6.07) is 18.7. The lowest BCUT2D eigenvalue weighted by molar-refractivity contribution is 0.0337. The van der Waals surface area contributed by atoms with E-state index < -0.39 is 0 Å². The molecule has 8 heteroatoms. The fourth-order valence-electron chi connectivity index (χ4n) is 3.44. The molecule has 7 nitrogen and oxygen atoms in total. The summed E-state index contributed by atoms with van der Waals surface area (Å²) in [4.78, 5) is 12.5. The quantitative estimate of drug-likeness (QED) is 0.489. The molecule has 0 atom stereocenters. The Morgan fingerprint density at radius 1 is 1.00 bits per heavy atom. The average Bonchev–Trinajstić information content (AvgIpc) is 3.48. The monoisotopic (exact) mass is 418 g/mol. The number of nitrogens with zero attached hydrogens (tertiary/aromatic N) is 4. The molecule has 0 spiro atoms. The molecular weight excluding hydrogens is 396 g/mol. The number of thiophene rings is 1. The number of rotatable bonds is 6. The summed E-state index contributed by atoms with van der Waals surface area (Å²) in [6.07, 6.45) is 1.59. The maximum atomic E-state index is 5.42. The number of nitrogens with one attached hydrogen (secondary N) is 2. The van der Waals surface area contributed by atoms with Crippen LogP contribution in [0.5, 0.6) is 0 Å². The van der Waals surface area contributed by atoms with Crippen LogP contribution >= 0.6 is 11.3 Å². The van der Waals surface area contributed by atoms with Crippen LogP contribution in [-0.4, -0.2) is 51.4 Å². The van der Waals surface area contributed by atoms with Crippen molar-refractivity contribution in [3.05, 3.63) is 66.6 Å². The van der Waals surface area contributed by atoms with Gasteiger partial charge in [0.25, 0.3) is 0 Å². The van der Waals surface area contributed by atoms with Crippen molar-refractivity contribution < 1.29 is 4.74 Å². The fourth-order valence-corrected chi connectivity index (χ4v) is 4.36. The Morgan fingerprint density at radius 2 is 1.83 bits per heavy atom. The number of aromatic nitrogens is 4. The van der Waals surface area contributed by atoms with Crippen LogP contribution in [0.4, 0.5) is 10.8 Å². The van der Waals surface area contributed by atoms with E-state index in [1.165, 1.54) is 10.4 Å². The molecule has 2 N–H and O–H groups in total. The van der Waals surface area contributed by atoms with Gasteiger partial charge in [0.2, 0.25) is 0 Å². The summed E-state index contributed by atoms with van der Waals surface area (Å²) in [5, 5.41) is 11.4. The molecule has 152 valence electrons. The zero-order valence-corrected chi connectivity index (χ0v) is 17.2. The maximum Gasteiger partial charge on any atom is 0.180 e. The first-order valence-corrected chi connectivity index (χ1v) is 10.7. The molecule has 30 heavy (non-hydrogen) atoms. The van der Waals surface area contributed by atoms with Gasteiger partial charge in [-0.05, 0) is 29.8 Å². The molecule has 0 saturated carbocycles. The van der Waals surface area contributed by atoms with E-state index in [2.05, 4.69) is 61.8 Å². The van der Waals surface area contributed by atoms with Crippen LogP contribution in [0.1, 0.15) is 5.69 Å². The second-order valence-corrected chi connectivity index (χ2v) is 8.18. The first-order valence-electron chi connectivity index (χ1n) is 9.93. The van der Waals surface area contributed by atoms with E-state index in [-0.39, 0.29) is 0 Å². The van der Waals surface area contributed by atoms with Crippen LogP contribution in [0.2, 0.25) is 0 Å². The number of hydrogen-bond donors (Lipinski definition) is 2. The molecule has 1 saturated heterocycles. The van der Waals surface area contributed by atoms with Crippen LogP contribution in [-0.2, 0) is 11.3 Å². The molecule has 1 fully saturated rings. The van der Waals surface area contributed by atoms with Crippen molar-refractivity contribution >= 4 is 22.2 Å². The number of aromatic amines is 1. The Hall–Kier alpha value is -3.07. The van der Waals surface area contributed by atoms with Gasteiger partial charge in [-0.15, -0.1) is 11.3 Å². The molecule has 0 radical (unpaired) electrons. The van der Waals surface area contributed by atoms with Crippen molar-refractivity contribution in [2.24, 2.45) is 0 Å². The van der Waals surface area contributed by atoms with Gasteiger partial charge in [-0.2, -0.15) is 5.10 Å². The number of benzene rings is 1. The van der Waals surface area contributed by atoms with Crippen LogP contribution in [0.25, 0.3) is 21.8 Å². The van der Waals surface area contributed by atoms with Gasteiger partial charge >= 0.3 is 0 Å². The highest BCUT2D eigenvalue weighted by Gasteiger charge is 2.12. The van der Waals surface area contributed by atoms with Crippen molar-refractivity contribution in [2.75, 3.05) is 31.6 Å². The van der Waals surface area contributed by atoms with E-state index in [4.69, 9.17) is 9.72 Å². The van der Waals surface area contributed by atoms with Crippen molar-refractivity contribution in [3.63, 3.8) is 0 Å². The summed E-state index contributed by atoms with van der Waals surface area (Å²) in [5.41, 5.74) is 3.23. The molecule has 3 aromatic heterocycles. The zero-order chi connectivity index (χ0) is 20.2. The molecule has 1 aliphatic rings. The number of anilines is 2. The molecule has 0 unspecified atom stereocenters. The minimum Gasteiger partial charge on any atom is -0.379 e. The van der Waals surface area contributed by atoms with Gasteiger partial charge in [-0.3, -0.25) is 10.00 Å². The maximum absolute atomic E-state index is 5.42. The molecule has 0 amide bonds. The summed E-state index contributed by atoms with van der Waals surface area (Å²) in [6.45, 7) is 4.38. The Bertz CT molecular complexity index is 1090. The first kappa shape index (κ1) is 18.9. The average molecular weight is 419 g/mol. The van der Waals surface area contributed by atoms with Gasteiger partial charge in [0, 0.05) is 30.1 Å². The molecule has 5 rings (SSSR count). The Balaban J connectivity index is 1.26. The summed E-state index contributed by atoms with van der Waals surface area (Å²) in [5.74, 6) is 1.58. The third kappa shape index (κ3) is 4.40. The number of H-pyrrole nitrogens is 1. The Morgan fingerprint density at radius 3 is 2.63 bits per heavy atom. The van der Waals surface area contributed by atoms with Gasteiger partial charge in [0.1, 0.15) is 12.1 Å². The van der Waals surface area contributed by atoms with Gasteiger partial charge < -0.3 is 10.1 Å². The van der Waals surface area contributed by atoms with E-state index in [1.807, 2.05) is 18.2 Å². The van der Waals surface area contributed by atoms with Gasteiger partial charge in [-0.1, -0.05) is 30.3 Å². The minimum absolute atomic E-state index is 0.707. The second-order valence-electron chi connectivity index (χ2n) is 7.09. The standard InChI is InChI=1S/C22H22N6OS/c1-2-18(14-28-10-12-29-13-11-28)25-20(3-1)26-21-9-8-19(30-21)16-4-6-17(7-5-16)22-23-15-24-27-22/h1-9,15H,10-14H2,(H,25,26)(H,23,24,27). The first-order chi connectivity index (χ1) is 14.8. The van der Waals surface area contributed by atoms with Crippen LogP contribution in [0.3, 0.4) is 0 Å². The summed E-state index contributed by atoms with van der Waals surface area (Å²) < 4.78 is 5.42. The van der Waals surface area contributed by atoms with E-state index in [9.17, 15) is 0 Å². The smallest absolute Gasteiger partial charge is 0.180 e. The van der Waals surface area contributed by atoms with Crippen molar-refractivity contribution in [1.29, 1.82) is 0 Å². The highest BCUT2D eigenvalue weighted by molar-refractivity contribution is 7.19. The SMILES string of the molecule is c1cc(CN2CCOCC2)nc(Nc2ccc(-c3ccc(-c4nc[nH]n4)cc3)s2)c1. The van der Waals surface area contributed by atoms with Gasteiger partial charge in [0.15, 0.2) is 5.82 Å². The summed E-state index contributed by atoms with van der Waals surface area (Å²) in [7, 11) is 0. The molecular formula is C22H22N6OS. The number of hydrogen-bond acceptors (Lipinski definition) is 7. The Kier molecular flexibility index (Phi) is 5.52. The fraction of sp³-hybridized carbons (Fsp3) is 0.227. The third-order valence-corrected chi connectivity index (χ3v) is 6.05. The predicted molar refractivity (Wildman–Crippen MR) is 119 cm³/mol. The third-order valence-electron chi connectivity index (χ3n) is 5.00. The largest absolute Gasteiger partial charge is 0.379 e. The topological polar surface area (TPSA) is 79.0 Å². The highest BCUT2D eigenvalue weighted by Crippen LogP contribution is 2.33. The molecule has 1 aromatic carbocycles. The molecule has 0 bridgehead atoms. The van der Waals surface area contributed by atoms with Crippen molar-refractivity contribution in [2.45, 2.75) is 6.54 Å². The van der Waals surface area contributed by atoms with Crippen LogP contribution < -0.4 is 5.32 Å².